The molecule has 2 unspecified atom stereocenters. The van der Waals surface area contributed by atoms with E-state index in [1.807, 2.05) is 11.0 Å². The molecule has 0 spiro atoms. The number of rotatable bonds is 6. The Morgan fingerprint density at radius 3 is 2.53 bits per heavy atom. The first-order valence-corrected chi connectivity index (χ1v) is 11.0. The quantitative estimate of drug-likeness (QED) is 0.746. The van der Waals surface area contributed by atoms with E-state index in [-0.39, 0.29) is 23.7 Å². The molecule has 2 aromatic rings. The summed E-state index contributed by atoms with van der Waals surface area (Å²) in [6.45, 7) is 1.72. The molecule has 0 aromatic carbocycles. The molecule has 1 N–H and O–H groups in total. The molecule has 3 aliphatic rings. The number of pyridine rings is 2. The van der Waals surface area contributed by atoms with Crippen molar-refractivity contribution in [1.82, 2.24) is 20.2 Å². The Hall–Kier alpha value is -3.12. The molecule has 4 heterocycles. The maximum absolute atomic E-state index is 14.1. The second-order valence-electron chi connectivity index (χ2n) is 8.85. The van der Waals surface area contributed by atoms with Crippen LogP contribution < -0.4 is 10.2 Å². The molecular weight excluding hydrogens is 414 g/mol. The number of likely N-dealkylation sites (tertiary alicyclic amines) is 1. The number of fused-ring (bicyclic) bond motifs is 2. The Kier molecular flexibility index (Phi) is 5.25. The standard InChI is InChI=1S/C23H24F2N6O/c24-16-9-19(25)22(28-12-16)23(6-7-23)29-8-5-21(32)30-13-17-2-3-18(14-30)31(17)20-4-1-15(10-26)11-27-20/h1,4,9,11-12,17-18,29H,2-3,5-8,13-14H2. The van der Waals surface area contributed by atoms with Gasteiger partial charge >= 0.3 is 0 Å². The van der Waals surface area contributed by atoms with Crippen LogP contribution in [0.2, 0.25) is 0 Å². The van der Waals surface area contributed by atoms with Crippen LogP contribution in [-0.2, 0) is 10.3 Å². The molecule has 0 radical (unpaired) electrons. The number of nitrogens with zero attached hydrogens (tertiary/aromatic N) is 5. The first kappa shape index (κ1) is 20.8. The summed E-state index contributed by atoms with van der Waals surface area (Å²) >= 11 is 0. The van der Waals surface area contributed by atoms with E-state index in [0.717, 1.165) is 43.8 Å². The number of nitriles is 1. The topological polar surface area (TPSA) is 85.2 Å². The number of halogens is 2. The zero-order valence-electron chi connectivity index (χ0n) is 17.6. The van der Waals surface area contributed by atoms with Crippen molar-refractivity contribution in [3.8, 4) is 6.07 Å². The van der Waals surface area contributed by atoms with Crippen LogP contribution in [0.15, 0.2) is 30.6 Å². The van der Waals surface area contributed by atoms with Crippen molar-refractivity contribution in [1.29, 1.82) is 5.26 Å². The Balaban J connectivity index is 1.17. The van der Waals surface area contributed by atoms with E-state index < -0.39 is 17.2 Å². The molecule has 2 bridgehead atoms. The number of carbonyl (C=O) groups is 1. The summed E-state index contributed by atoms with van der Waals surface area (Å²) in [6.07, 6.45) is 6.39. The van der Waals surface area contributed by atoms with Gasteiger partial charge in [0.15, 0.2) is 0 Å². The fourth-order valence-electron chi connectivity index (χ4n) is 5.04. The van der Waals surface area contributed by atoms with E-state index in [4.69, 9.17) is 5.26 Å². The van der Waals surface area contributed by atoms with Gasteiger partial charge in [0.25, 0.3) is 0 Å². The fraction of sp³-hybridized carbons (Fsp3) is 0.478. The van der Waals surface area contributed by atoms with Crippen LogP contribution in [-0.4, -0.2) is 52.5 Å². The van der Waals surface area contributed by atoms with Crippen molar-refractivity contribution < 1.29 is 13.6 Å². The Labute approximate surface area is 185 Å². The minimum absolute atomic E-state index is 0.0742. The number of hydrogen-bond donors (Lipinski definition) is 1. The summed E-state index contributed by atoms with van der Waals surface area (Å²) in [6, 6.07) is 7.04. The van der Waals surface area contributed by atoms with E-state index in [0.29, 0.717) is 31.6 Å². The number of nitrogens with one attached hydrogen (secondary N) is 1. The lowest BCUT2D eigenvalue weighted by Crippen LogP contribution is -2.56. The summed E-state index contributed by atoms with van der Waals surface area (Å²) < 4.78 is 27.3. The van der Waals surface area contributed by atoms with Crippen molar-refractivity contribution in [2.45, 2.75) is 49.7 Å². The first-order valence-electron chi connectivity index (χ1n) is 11.0. The summed E-state index contributed by atoms with van der Waals surface area (Å²) in [5.41, 5.74) is 0.177. The molecular formula is C23H24F2N6O. The molecule has 2 aliphatic heterocycles. The predicted molar refractivity (Wildman–Crippen MR) is 113 cm³/mol. The highest BCUT2D eigenvalue weighted by molar-refractivity contribution is 5.77. The van der Waals surface area contributed by atoms with Crippen molar-refractivity contribution in [3.63, 3.8) is 0 Å². The molecule has 1 aliphatic carbocycles. The summed E-state index contributed by atoms with van der Waals surface area (Å²) in [4.78, 5) is 25.5. The van der Waals surface area contributed by atoms with Gasteiger partial charge in [0.05, 0.1) is 23.0 Å². The molecule has 9 heteroatoms. The van der Waals surface area contributed by atoms with Gasteiger partial charge in [0.1, 0.15) is 23.5 Å². The molecule has 32 heavy (non-hydrogen) atoms. The van der Waals surface area contributed by atoms with Crippen LogP contribution in [0.3, 0.4) is 0 Å². The zero-order chi connectivity index (χ0) is 22.3. The SMILES string of the molecule is N#Cc1ccc(N2C3CCC2CN(C(=O)CCNC2(c4ncc(F)cc4F)CC2)C3)nc1. The summed E-state index contributed by atoms with van der Waals surface area (Å²) in [5.74, 6) is -0.410. The number of hydrogen-bond acceptors (Lipinski definition) is 6. The molecule has 2 saturated heterocycles. The summed E-state index contributed by atoms with van der Waals surface area (Å²) in [7, 11) is 0. The van der Waals surface area contributed by atoms with E-state index in [1.54, 1.807) is 12.3 Å². The van der Waals surface area contributed by atoms with Crippen molar-refractivity contribution in [2.24, 2.45) is 0 Å². The van der Waals surface area contributed by atoms with E-state index in [2.05, 4.69) is 26.3 Å². The molecule has 1 saturated carbocycles. The third kappa shape index (κ3) is 3.79. The van der Waals surface area contributed by atoms with Gasteiger partial charge in [-0.25, -0.2) is 13.8 Å². The van der Waals surface area contributed by atoms with Gasteiger partial charge in [-0.05, 0) is 37.8 Å². The molecule has 7 nitrogen and oxygen atoms in total. The number of carbonyl (C=O) groups excluding carboxylic acids is 1. The Bertz CT molecular complexity index is 1050. The molecule has 1 amide bonds. The molecule has 166 valence electrons. The fourth-order valence-corrected chi connectivity index (χ4v) is 5.04. The molecule has 2 atom stereocenters. The van der Waals surface area contributed by atoms with Crippen LogP contribution in [0.5, 0.6) is 0 Å². The number of aromatic nitrogens is 2. The van der Waals surface area contributed by atoms with E-state index in [1.165, 1.54) is 0 Å². The minimum Gasteiger partial charge on any atom is -0.347 e. The lowest BCUT2D eigenvalue weighted by atomic mass is 10.1. The van der Waals surface area contributed by atoms with Crippen molar-refractivity contribution in [3.05, 3.63) is 53.5 Å². The monoisotopic (exact) mass is 438 g/mol. The lowest BCUT2D eigenvalue weighted by molar-refractivity contribution is -0.132. The van der Waals surface area contributed by atoms with Gasteiger partial charge in [-0.3, -0.25) is 9.78 Å². The molecule has 5 rings (SSSR count). The zero-order valence-corrected chi connectivity index (χ0v) is 17.6. The highest BCUT2D eigenvalue weighted by Crippen LogP contribution is 2.45. The normalized spacial score (nSPS) is 23.2. The summed E-state index contributed by atoms with van der Waals surface area (Å²) in [5, 5.41) is 12.3. The second-order valence-corrected chi connectivity index (χ2v) is 8.85. The van der Waals surface area contributed by atoms with Crippen LogP contribution in [0.1, 0.15) is 43.4 Å². The first-order chi connectivity index (χ1) is 15.5. The van der Waals surface area contributed by atoms with Crippen LogP contribution in [0.4, 0.5) is 14.6 Å². The maximum atomic E-state index is 14.1. The second kappa shape index (κ2) is 8.10. The van der Waals surface area contributed by atoms with Gasteiger partial charge in [0, 0.05) is 50.4 Å². The van der Waals surface area contributed by atoms with Crippen LogP contribution in [0, 0.1) is 23.0 Å². The number of piperazine rings is 1. The smallest absolute Gasteiger partial charge is 0.223 e. The average Bonchev–Trinajstić information content (AvgIpc) is 3.52. The Morgan fingerprint density at radius 1 is 1.19 bits per heavy atom. The largest absolute Gasteiger partial charge is 0.347 e. The highest BCUT2D eigenvalue weighted by atomic mass is 19.1. The van der Waals surface area contributed by atoms with Crippen molar-refractivity contribution in [2.75, 3.05) is 24.5 Å². The average molecular weight is 438 g/mol. The van der Waals surface area contributed by atoms with Gasteiger partial charge in [-0.1, -0.05) is 0 Å². The lowest BCUT2D eigenvalue weighted by Gasteiger charge is -2.42. The van der Waals surface area contributed by atoms with Crippen molar-refractivity contribution >= 4 is 11.7 Å². The van der Waals surface area contributed by atoms with Gasteiger partial charge in [-0.2, -0.15) is 5.26 Å². The maximum Gasteiger partial charge on any atom is 0.223 e. The highest BCUT2D eigenvalue weighted by Gasteiger charge is 2.47. The predicted octanol–water partition coefficient (Wildman–Crippen LogP) is 2.48. The van der Waals surface area contributed by atoms with E-state index in [9.17, 15) is 13.6 Å². The third-order valence-electron chi connectivity index (χ3n) is 6.79. The van der Waals surface area contributed by atoms with Gasteiger partial charge in [-0.15, -0.1) is 0 Å². The third-order valence-corrected chi connectivity index (χ3v) is 6.79. The number of amides is 1. The van der Waals surface area contributed by atoms with E-state index >= 15 is 0 Å². The van der Waals surface area contributed by atoms with Gasteiger partial charge < -0.3 is 15.1 Å². The minimum atomic E-state index is -0.692. The Morgan fingerprint density at radius 2 is 1.94 bits per heavy atom. The van der Waals surface area contributed by atoms with Gasteiger partial charge in [0.2, 0.25) is 5.91 Å². The van der Waals surface area contributed by atoms with Crippen LogP contribution in [0.25, 0.3) is 0 Å². The molecule has 3 fully saturated rings. The molecule has 2 aromatic heterocycles. The van der Waals surface area contributed by atoms with Crippen LogP contribution >= 0.6 is 0 Å². The number of anilines is 1.